The molecule has 1 atom stereocenters. The standard InChI is InChI=1S/C18H29NO2/c1-2-3-4-5-6-7-8-9-15-10-12-16(13-11-15)14-17(19)18(20)21/h10-13,17H,2-9,14,19H2,1H3,(H,20,21)/t17-/m0/s1. The first-order valence-corrected chi connectivity index (χ1v) is 8.19. The van der Waals surface area contributed by atoms with Crippen molar-refractivity contribution in [2.45, 2.75) is 70.8 Å². The van der Waals surface area contributed by atoms with E-state index in [-0.39, 0.29) is 0 Å². The van der Waals surface area contributed by atoms with Gasteiger partial charge in [-0.05, 0) is 30.4 Å². The summed E-state index contributed by atoms with van der Waals surface area (Å²) in [5.74, 6) is -0.942. The highest BCUT2D eigenvalue weighted by Gasteiger charge is 2.11. The Labute approximate surface area is 128 Å². The first kappa shape index (κ1) is 17.7. The Bertz CT molecular complexity index is 400. The largest absolute Gasteiger partial charge is 0.480 e. The van der Waals surface area contributed by atoms with Crippen LogP contribution in [-0.4, -0.2) is 17.1 Å². The summed E-state index contributed by atoms with van der Waals surface area (Å²) < 4.78 is 0. The monoisotopic (exact) mass is 291 g/mol. The number of hydrogen-bond acceptors (Lipinski definition) is 2. The summed E-state index contributed by atoms with van der Waals surface area (Å²) in [6.07, 6.45) is 10.8. The fourth-order valence-corrected chi connectivity index (χ4v) is 2.47. The highest BCUT2D eigenvalue weighted by molar-refractivity contribution is 5.73. The molecule has 1 aromatic carbocycles. The van der Waals surface area contributed by atoms with E-state index >= 15 is 0 Å². The van der Waals surface area contributed by atoms with Gasteiger partial charge < -0.3 is 10.8 Å². The molecule has 0 amide bonds. The number of carbonyl (C=O) groups is 1. The smallest absolute Gasteiger partial charge is 0.320 e. The van der Waals surface area contributed by atoms with Crippen LogP contribution in [0, 0.1) is 0 Å². The van der Waals surface area contributed by atoms with Crippen LogP contribution in [-0.2, 0) is 17.6 Å². The highest BCUT2D eigenvalue weighted by Crippen LogP contribution is 2.12. The van der Waals surface area contributed by atoms with Gasteiger partial charge in [-0.25, -0.2) is 0 Å². The van der Waals surface area contributed by atoms with Crippen LogP contribution in [0.5, 0.6) is 0 Å². The quantitative estimate of drug-likeness (QED) is 0.607. The van der Waals surface area contributed by atoms with Crippen LogP contribution in [0.3, 0.4) is 0 Å². The lowest BCUT2D eigenvalue weighted by Gasteiger charge is -2.07. The van der Waals surface area contributed by atoms with E-state index in [1.165, 1.54) is 50.5 Å². The molecule has 0 aliphatic heterocycles. The molecule has 0 spiro atoms. The maximum absolute atomic E-state index is 10.7. The van der Waals surface area contributed by atoms with Gasteiger partial charge in [-0.3, -0.25) is 4.79 Å². The van der Waals surface area contributed by atoms with E-state index in [9.17, 15) is 4.79 Å². The second-order valence-corrected chi connectivity index (χ2v) is 5.84. The third-order valence-electron chi connectivity index (χ3n) is 3.86. The molecule has 0 bridgehead atoms. The average Bonchev–Trinajstić information content (AvgIpc) is 2.48. The maximum atomic E-state index is 10.7. The van der Waals surface area contributed by atoms with E-state index in [2.05, 4.69) is 19.1 Å². The second kappa shape index (κ2) is 10.4. The molecule has 0 fully saturated rings. The van der Waals surface area contributed by atoms with Gasteiger partial charge in [0.2, 0.25) is 0 Å². The van der Waals surface area contributed by atoms with Gasteiger partial charge in [0, 0.05) is 0 Å². The number of nitrogens with two attached hydrogens (primary N) is 1. The number of benzene rings is 1. The van der Waals surface area contributed by atoms with Crippen LogP contribution in [0.2, 0.25) is 0 Å². The number of aliphatic carboxylic acids is 1. The van der Waals surface area contributed by atoms with E-state index in [1.54, 1.807) is 0 Å². The predicted octanol–water partition coefficient (Wildman–Crippen LogP) is 3.93. The van der Waals surface area contributed by atoms with Gasteiger partial charge in [-0.1, -0.05) is 69.7 Å². The first-order chi connectivity index (χ1) is 10.1. The molecule has 3 heteroatoms. The molecule has 1 rings (SSSR count). The molecule has 21 heavy (non-hydrogen) atoms. The van der Waals surface area contributed by atoms with Crippen molar-refractivity contribution in [3.63, 3.8) is 0 Å². The molecule has 118 valence electrons. The molecule has 0 aliphatic rings. The fourth-order valence-electron chi connectivity index (χ4n) is 2.47. The summed E-state index contributed by atoms with van der Waals surface area (Å²) in [6, 6.07) is 7.39. The molecule has 1 aromatic rings. The Morgan fingerprint density at radius 1 is 1.00 bits per heavy atom. The third kappa shape index (κ3) is 7.86. The topological polar surface area (TPSA) is 63.3 Å². The van der Waals surface area contributed by atoms with Gasteiger partial charge in [-0.15, -0.1) is 0 Å². The lowest BCUT2D eigenvalue weighted by molar-refractivity contribution is -0.138. The minimum atomic E-state index is -0.942. The van der Waals surface area contributed by atoms with Gasteiger partial charge in [-0.2, -0.15) is 0 Å². The molecule has 3 N–H and O–H groups in total. The maximum Gasteiger partial charge on any atom is 0.320 e. The third-order valence-corrected chi connectivity index (χ3v) is 3.86. The molecule has 0 aromatic heterocycles. The van der Waals surface area contributed by atoms with Gasteiger partial charge >= 0.3 is 5.97 Å². The van der Waals surface area contributed by atoms with Crippen molar-refractivity contribution in [2.24, 2.45) is 5.73 Å². The van der Waals surface area contributed by atoms with Crippen LogP contribution < -0.4 is 5.73 Å². The lowest BCUT2D eigenvalue weighted by atomic mass is 10.0. The van der Waals surface area contributed by atoms with E-state index < -0.39 is 12.0 Å². The van der Waals surface area contributed by atoms with Gasteiger partial charge in [0.05, 0.1) is 0 Å². The Morgan fingerprint density at radius 3 is 2.10 bits per heavy atom. The van der Waals surface area contributed by atoms with E-state index in [1.807, 2.05) is 12.1 Å². The Balaban J connectivity index is 2.20. The zero-order chi connectivity index (χ0) is 15.5. The fraction of sp³-hybridized carbons (Fsp3) is 0.611. The minimum absolute atomic E-state index is 0.396. The second-order valence-electron chi connectivity index (χ2n) is 5.84. The Morgan fingerprint density at radius 2 is 1.52 bits per heavy atom. The van der Waals surface area contributed by atoms with Gasteiger partial charge in [0.15, 0.2) is 0 Å². The molecular formula is C18H29NO2. The number of carboxylic acid groups (broad SMARTS) is 1. The normalized spacial score (nSPS) is 12.3. The van der Waals surface area contributed by atoms with E-state index in [0.717, 1.165) is 12.0 Å². The van der Waals surface area contributed by atoms with Crippen LogP contribution >= 0.6 is 0 Å². The summed E-state index contributed by atoms with van der Waals surface area (Å²) >= 11 is 0. The predicted molar refractivity (Wildman–Crippen MR) is 87.5 cm³/mol. The summed E-state index contributed by atoms with van der Waals surface area (Å²) in [7, 11) is 0. The molecule has 0 saturated carbocycles. The summed E-state index contributed by atoms with van der Waals surface area (Å²) in [5.41, 5.74) is 7.86. The molecule has 0 radical (unpaired) electrons. The van der Waals surface area contributed by atoms with Crippen LogP contribution in [0.1, 0.15) is 63.0 Å². The van der Waals surface area contributed by atoms with Crippen molar-refractivity contribution in [3.05, 3.63) is 35.4 Å². The van der Waals surface area contributed by atoms with Gasteiger partial charge in [0.25, 0.3) is 0 Å². The number of carboxylic acids is 1. The van der Waals surface area contributed by atoms with Crippen molar-refractivity contribution in [1.29, 1.82) is 0 Å². The number of hydrogen-bond donors (Lipinski definition) is 2. The highest BCUT2D eigenvalue weighted by atomic mass is 16.4. The van der Waals surface area contributed by atoms with E-state index in [0.29, 0.717) is 6.42 Å². The van der Waals surface area contributed by atoms with Crippen molar-refractivity contribution in [2.75, 3.05) is 0 Å². The summed E-state index contributed by atoms with van der Waals surface area (Å²) in [6.45, 7) is 2.24. The van der Waals surface area contributed by atoms with Crippen molar-refractivity contribution < 1.29 is 9.90 Å². The Kier molecular flexibility index (Phi) is 8.76. The van der Waals surface area contributed by atoms with Crippen LogP contribution in [0.25, 0.3) is 0 Å². The molecule has 0 saturated heterocycles. The number of unbranched alkanes of at least 4 members (excludes halogenated alkanes) is 6. The molecule has 0 heterocycles. The van der Waals surface area contributed by atoms with Crippen LogP contribution in [0.4, 0.5) is 0 Å². The average molecular weight is 291 g/mol. The molecule has 3 nitrogen and oxygen atoms in total. The van der Waals surface area contributed by atoms with Crippen molar-refractivity contribution in [1.82, 2.24) is 0 Å². The van der Waals surface area contributed by atoms with Crippen molar-refractivity contribution in [3.8, 4) is 0 Å². The molecule has 0 aliphatic carbocycles. The number of rotatable bonds is 11. The zero-order valence-electron chi connectivity index (χ0n) is 13.2. The lowest BCUT2D eigenvalue weighted by Crippen LogP contribution is -2.32. The van der Waals surface area contributed by atoms with Crippen LogP contribution in [0.15, 0.2) is 24.3 Å². The first-order valence-electron chi connectivity index (χ1n) is 8.19. The summed E-state index contributed by atoms with van der Waals surface area (Å²) in [5, 5.41) is 8.79. The molecular weight excluding hydrogens is 262 g/mol. The van der Waals surface area contributed by atoms with Gasteiger partial charge in [0.1, 0.15) is 6.04 Å². The summed E-state index contributed by atoms with van der Waals surface area (Å²) in [4.78, 5) is 10.7. The SMILES string of the molecule is CCCCCCCCCc1ccc(C[C@H](N)C(=O)O)cc1. The van der Waals surface area contributed by atoms with Crippen molar-refractivity contribution >= 4 is 5.97 Å². The zero-order valence-corrected chi connectivity index (χ0v) is 13.2. The Hall–Kier alpha value is -1.35. The minimum Gasteiger partial charge on any atom is -0.480 e. The molecule has 0 unspecified atom stereocenters. The number of aryl methyl sites for hydroxylation is 1. The van der Waals surface area contributed by atoms with E-state index in [4.69, 9.17) is 10.8 Å².